The van der Waals surface area contributed by atoms with Gasteiger partial charge in [0.05, 0.1) is 5.75 Å². The number of nitrogens with zero attached hydrogens (tertiary/aromatic N) is 6. The Balaban J connectivity index is 1.45. The average molecular weight is 413 g/mol. The molecule has 9 nitrogen and oxygen atoms in total. The summed E-state index contributed by atoms with van der Waals surface area (Å²) in [7, 11) is 1.91. The molecule has 3 aromatic heterocycles. The minimum atomic E-state index is -0.509. The van der Waals surface area contributed by atoms with Crippen molar-refractivity contribution in [3.63, 3.8) is 0 Å². The van der Waals surface area contributed by atoms with E-state index in [9.17, 15) is 9.18 Å². The van der Waals surface area contributed by atoms with Crippen LogP contribution in [0.3, 0.4) is 0 Å². The number of aryl methyl sites for hydroxylation is 2. The number of nitrogens with one attached hydrogen (secondary N) is 1. The van der Waals surface area contributed by atoms with E-state index in [1.807, 2.05) is 17.8 Å². The molecule has 0 fully saturated rings. The van der Waals surface area contributed by atoms with Gasteiger partial charge in [0.1, 0.15) is 17.3 Å². The molecule has 4 aromatic rings. The Labute approximate surface area is 168 Å². The minimum Gasteiger partial charge on any atom is -0.455 e. The van der Waals surface area contributed by atoms with Crippen molar-refractivity contribution in [3.8, 4) is 5.69 Å². The fourth-order valence-electron chi connectivity index (χ4n) is 2.60. The van der Waals surface area contributed by atoms with Crippen LogP contribution >= 0.6 is 11.8 Å². The minimum absolute atomic E-state index is 0.136. The molecule has 1 amide bonds. The lowest BCUT2D eigenvalue weighted by atomic mass is 10.2. The van der Waals surface area contributed by atoms with Gasteiger partial charge < -0.3 is 14.3 Å². The number of hydrogen-bond donors (Lipinski definition) is 1. The summed E-state index contributed by atoms with van der Waals surface area (Å²) in [5, 5.41) is 14.5. The Morgan fingerprint density at radius 1 is 1.31 bits per heavy atom. The lowest BCUT2D eigenvalue weighted by Crippen LogP contribution is -2.12. The molecule has 0 aliphatic rings. The highest BCUT2D eigenvalue weighted by atomic mass is 32.2. The van der Waals surface area contributed by atoms with Gasteiger partial charge in [-0.25, -0.2) is 9.37 Å². The van der Waals surface area contributed by atoms with Gasteiger partial charge in [-0.1, -0.05) is 11.8 Å². The molecule has 0 aliphatic heterocycles. The second-order valence-electron chi connectivity index (χ2n) is 6.13. The molecule has 0 saturated carbocycles. The third kappa shape index (κ3) is 4.04. The smallest absolute Gasteiger partial charge is 0.291 e. The highest BCUT2D eigenvalue weighted by Crippen LogP contribution is 2.23. The predicted molar refractivity (Wildman–Crippen MR) is 103 cm³/mol. The predicted octanol–water partition coefficient (Wildman–Crippen LogP) is 2.98. The molecule has 148 valence electrons. The fourth-order valence-corrected chi connectivity index (χ4v) is 3.43. The van der Waals surface area contributed by atoms with Crippen LogP contribution in [0.1, 0.15) is 22.1 Å². The van der Waals surface area contributed by atoms with E-state index in [2.05, 4.69) is 25.8 Å². The molecule has 4 rings (SSSR count). The number of furan rings is 1. The first kappa shape index (κ1) is 18.9. The normalized spacial score (nSPS) is 11.0. The van der Waals surface area contributed by atoms with Crippen molar-refractivity contribution in [2.75, 3.05) is 5.32 Å². The zero-order valence-corrected chi connectivity index (χ0v) is 16.4. The van der Waals surface area contributed by atoms with E-state index < -0.39 is 11.7 Å². The maximum absolute atomic E-state index is 14.1. The number of rotatable bonds is 6. The monoisotopic (exact) mass is 413 g/mol. The van der Waals surface area contributed by atoms with Gasteiger partial charge in [-0.15, -0.1) is 5.10 Å². The molecule has 0 spiro atoms. The van der Waals surface area contributed by atoms with Crippen LogP contribution in [0.4, 0.5) is 10.1 Å². The van der Waals surface area contributed by atoms with E-state index in [1.54, 1.807) is 25.3 Å². The average Bonchev–Trinajstić information content (AvgIpc) is 3.43. The van der Waals surface area contributed by atoms with E-state index in [4.69, 9.17) is 4.42 Å². The molecule has 3 heterocycles. The highest BCUT2D eigenvalue weighted by Gasteiger charge is 2.15. The molecule has 29 heavy (non-hydrogen) atoms. The van der Waals surface area contributed by atoms with Crippen LogP contribution in [0.5, 0.6) is 0 Å². The summed E-state index contributed by atoms with van der Waals surface area (Å²) in [6.07, 6.45) is 3.58. The van der Waals surface area contributed by atoms with E-state index in [-0.39, 0.29) is 11.4 Å². The lowest BCUT2D eigenvalue weighted by Gasteiger charge is -2.08. The fraction of sp³-hybridized carbons (Fsp3) is 0.167. The summed E-state index contributed by atoms with van der Waals surface area (Å²) >= 11 is 1.50. The van der Waals surface area contributed by atoms with Crippen molar-refractivity contribution in [1.29, 1.82) is 0 Å². The van der Waals surface area contributed by atoms with Crippen molar-refractivity contribution in [1.82, 2.24) is 29.8 Å². The molecule has 0 radical (unpaired) electrons. The molecule has 0 saturated heterocycles. The van der Waals surface area contributed by atoms with Crippen LogP contribution in [-0.2, 0) is 12.8 Å². The van der Waals surface area contributed by atoms with Gasteiger partial charge in [0.2, 0.25) is 0 Å². The van der Waals surface area contributed by atoms with E-state index >= 15 is 0 Å². The Hall–Kier alpha value is -3.47. The summed E-state index contributed by atoms with van der Waals surface area (Å²) in [5.74, 6) is 0.817. The van der Waals surface area contributed by atoms with Crippen molar-refractivity contribution in [3.05, 3.63) is 65.9 Å². The Morgan fingerprint density at radius 2 is 2.17 bits per heavy atom. The lowest BCUT2D eigenvalue weighted by molar-refractivity contribution is 0.0995. The van der Waals surface area contributed by atoms with Gasteiger partial charge in [0, 0.05) is 25.1 Å². The van der Waals surface area contributed by atoms with E-state index in [0.29, 0.717) is 23.0 Å². The molecule has 0 aliphatic carbocycles. The third-order valence-corrected chi connectivity index (χ3v) is 5.14. The number of imidazole rings is 1. The Morgan fingerprint density at radius 3 is 2.90 bits per heavy atom. The Bertz CT molecular complexity index is 1170. The molecule has 0 unspecified atom stereocenters. The molecule has 0 bridgehead atoms. The summed E-state index contributed by atoms with van der Waals surface area (Å²) in [6.45, 7) is 1.65. The second-order valence-corrected chi connectivity index (χ2v) is 7.08. The van der Waals surface area contributed by atoms with Crippen LogP contribution in [0.25, 0.3) is 5.69 Å². The van der Waals surface area contributed by atoms with Crippen LogP contribution in [-0.4, -0.2) is 35.7 Å². The van der Waals surface area contributed by atoms with E-state index in [0.717, 1.165) is 5.16 Å². The first-order valence-electron chi connectivity index (χ1n) is 8.56. The number of anilines is 1. The maximum Gasteiger partial charge on any atom is 0.291 e. The number of tetrazole rings is 1. The first-order chi connectivity index (χ1) is 14.0. The zero-order chi connectivity index (χ0) is 20.4. The van der Waals surface area contributed by atoms with E-state index in [1.165, 1.54) is 34.6 Å². The molecule has 1 N–H and O–H groups in total. The third-order valence-electron chi connectivity index (χ3n) is 4.06. The number of halogens is 1. The summed E-state index contributed by atoms with van der Waals surface area (Å²) < 4.78 is 22.9. The summed E-state index contributed by atoms with van der Waals surface area (Å²) in [4.78, 5) is 16.7. The number of benzene rings is 1. The first-order valence-corrected chi connectivity index (χ1v) is 9.55. The van der Waals surface area contributed by atoms with Crippen LogP contribution in [0.15, 0.2) is 52.3 Å². The van der Waals surface area contributed by atoms with Crippen LogP contribution in [0.2, 0.25) is 0 Å². The quantitative estimate of drug-likeness (QED) is 0.485. The number of aromatic nitrogens is 6. The standard InChI is InChI=1S/C18H16FN7O2S/c1-11-22-23-24-26(11)15-9-12(3-5-14(15)19)21-17(27)16-6-4-13(28-16)10-29-18-20-7-8-25(18)2/h3-9H,10H2,1-2H3,(H,21,27). The molecular weight excluding hydrogens is 397 g/mol. The highest BCUT2D eigenvalue weighted by molar-refractivity contribution is 7.98. The largest absolute Gasteiger partial charge is 0.455 e. The SMILES string of the molecule is Cc1nnnn1-c1cc(NC(=O)c2ccc(CSc3nccn3C)o2)ccc1F. The topological polar surface area (TPSA) is 104 Å². The van der Waals surface area contributed by atoms with Crippen molar-refractivity contribution in [2.24, 2.45) is 7.05 Å². The maximum atomic E-state index is 14.1. The molecule has 0 atom stereocenters. The van der Waals surface area contributed by atoms with Crippen LogP contribution in [0, 0.1) is 12.7 Å². The number of carbonyl (C=O) groups excluding carboxylic acids is 1. The van der Waals surface area contributed by atoms with Gasteiger partial charge in [-0.05, 0) is 47.7 Å². The van der Waals surface area contributed by atoms with Gasteiger partial charge in [0.15, 0.2) is 16.7 Å². The zero-order valence-electron chi connectivity index (χ0n) is 15.5. The second kappa shape index (κ2) is 7.87. The van der Waals surface area contributed by atoms with Crippen molar-refractivity contribution >= 4 is 23.4 Å². The van der Waals surface area contributed by atoms with Gasteiger partial charge in [-0.3, -0.25) is 4.79 Å². The van der Waals surface area contributed by atoms with Gasteiger partial charge in [0.25, 0.3) is 5.91 Å². The number of carbonyl (C=O) groups is 1. The van der Waals surface area contributed by atoms with Crippen LogP contribution < -0.4 is 5.32 Å². The number of amides is 1. The van der Waals surface area contributed by atoms with Gasteiger partial charge in [-0.2, -0.15) is 4.68 Å². The molecular formula is C18H16FN7O2S. The number of thioether (sulfide) groups is 1. The summed E-state index contributed by atoms with van der Waals surface area (Å²) in [5.41, 5.74) is 0.526. The van der Waals surface area contributed by atoms with Gasteiger partial charge >= 0.3 is 0 Å². The van der Waals surface area contributed by atoms with Crippen molar-refractivity contribution in [2.45, 2.75) is 17.8 Å². The Kier molecular flexibility index (Phi) is 5.12. The molecule has 11 heteroatoms. The van der Waals surface area contributed by atoms with Crippen molar-refractivity contribution < 1.29 is 13.6 Å². The molecule has 1 aromatic carbocycles. The number of hydrogen-bond acceptors (Lipinski definition) is 7. The summed E-state index contributed by atoms with van der Waals surface area (Å²) in [6, 6.07) is 7.49.